The lowest BCUT2D eigenvalue weighted by Crippen LogP contribution is -2.36. The quantitative estimate of drug-likeness (QED) is 0.437. The summed E-state index contributed by atoms with van der Waals surface area (Å²) in [6.07, 6.45) is 7.43. The van der Waals surface area contributed by atoms with Crippen molar-refractivity contribution in [2.45, 2.75) is 39.3 Å². The van der Waals surface area contributed by atoms with Gasteiger partial charge in [-0.05, 0) is 45.4 Å². The Hall–Kier alpha value is -3.20. The predicted octanol–water partition coefficient (Wildman–Crippen LogP) is 3.95. The Morgan fingerprint density at radius 3 is 2.80 bits per heavy atom. The number of hydrogen-bond acceptors (Lipinski definition) is 7. The Kier molecular flexibility index (Phi) is 6.86. The van der Waals surface area contributed by atoms with Gasteiger partial charge in [0.15, 0.2) is 0 Å². The third-order valence-corrected chi connectivity index (χ3v) is 6.49. The van der Waals surface area contributed by atoms with Crippen LogP contribution < -0.4 is 10.9 Å². The average molecular weight is 491 g/mol. The van der Waals surface area contributed by atoms with Crippen LogP contribution in [0.3, 0.4) is 0 Å². The van der Waals surface area contributed by atoms with Crippen LogP contribution in [0.2, 0.25) is 5.02 Å². The van der Waals surface area contributed by atoms with Gasteiger partial charge in [-0.1, -0.05) is 23.7 Å². The molecule has 0 aliphatic carbocycles. The summed E-state index contributed by atoms with van der Waals surface area (Å²) in [7, 11) is 0. The van der Waals surface area contributed by atoms with Gasteiger partial charge in [-0.25, -0.2) is 15.0 Å². The van der Waals surface area contributed by atoms with Crippen molar-refractivity contribution in [3.05, 3.63) is 69.8 Å². The van der Waals surface area contributed by atoms with Crippen molar-refractivity contribution in [3.63, 3.8) is 0 Å². The topological polar surface area (TPSA) is 94.8 Å². The summed E-state index contributed by atoms with van der Waals surface area (Å²) in [5, 5.41) is 4.59. The molecule has 9 heteroatoms. The molecule has 1 saturated heterocycles. The van der Waals surface area contributed by atoms with E-state index in [0.717, 1.165) is 48.3 Å². The fraction of sp³-hybridized carbons (Fsp3) is 0.346. The predicted molar refractivity (Wildman–Crippen MR) is 137 cm³/mol. The van der Waals surface area contributed by atoms with E-state index in [1.54, 1.807) is 23.2 Å². The average Bonchev–Trinajstić information content (AvgIpc) is 2.86. The van der Waals surface area contributed by atoms with Crippen LogP contribution in [0.25, 0.3) is 33.4 Å². The summed E-state index contributed by atoms with van der Waals surface area (Å²) in [6.45, 7) is 6.39. The number of rotatable bonds is 6. The number of aromatic nitrogens is 5. The Morgan fingerprint density at radius 2 is 2.03 bits per heavy atom. The van der Waals surface area contributed by atoms with Crippen molar-refractivity contribution in [2.75, 3.05) is 19.7 Å². The van der Waals surface area contributed by atoms with E-state index >= 15 is 0 Å². The number of hydrogen-bond donors (Lipinski definition) is 1. The van der Waals surface area contributed by atoms with Crippen LogP contribution in [0.5, 0.6) is 0 Å². The number of ether oxygens (including phenoxy) is 1. The highest BCUT2D eigenvalue weighted by Crippen LogP contribution is 2.31. The summed E-state index contributed by atoms with van der Waals surface area (Å²) in [5.41, 5.74) is 3.97. The summed E-state index contributed by atoms with van der Waals surface area (Å²) in [5.74, 6) is 0.609. The summed E-state index contributed by atoms with van der Waals surface area (Å²) in [6, 6.07) is 7.39. The highest BCUT2D eigenvalue weighted by atomic mass is 35.5. The van der Waals surface area contributed by atoms with Crippen LogP contribution in [0.4, 0.5) is 0 Å². The van der Waals surface area contributed by atoms with E-state index < -0.39 is 0 Å². The molecule has 4 aromatic rings. The smallest absolute Gasteiger partial charge is 0.260 e. The van der Waals surface area contributed by atoms with E-state index in [1.807, 2.05) is 38.1 Å². The molecule has 0 radical (unpaired) electrons. The Bertz CT molecular complexity index is 1430. The van der Waals surface area contributed by atoms with Crippen molar-refractivity contribution in [1.29, 1.82) is 0 Å². The van der Waals surface area contributed by atoms with E-state index in [2.05, 4.69) is 25.3 Å². The second kappa shape index (κ2) is 10.2. The lowest BCUT2D eigenvalue weighted by Gasteiger charge is -2.23. The van der Waals surface area contributed by atoms with E-state index in [4.69, 9.17) is 16.3 Å². The standard InChI is InChI=1S/C26H27ClN6O2/c1-16-12-29-15-24(31-16)18-5-6-21(23(27)11-18)22-10-19-13-30-17(2)32-25(19)33(26(22)34)8-9-35-20-4-3-7-28-14-20/h5-6,10-13,15,20,28H,3-4,7-9,14H2,1-2H3. The number of aryl methyl sites for hydroxylation is 2. The molecule has 3 aromatic heterocycles. The zero-order valence-corrected chi connectivity index (χ0v) is 20.5. The fourth-order valence-electron chi connectivity index (χ4n) is 4.41. The van der Waals surface area contributed by atoms with Gasteiger partial charge in [-0.15, -0.1) is 0 Å². The maximum Gasteiger partial charge on any atom is 0.260 e. The van der Waals surface area contributed by atoms with Gasteiger partial charge in [0, 0.05) is 46.0 Å². The van der Waals surface area contributed by atoms with Crippen molar-refractivity contribution in [1.82, 2.24) is 29.8 Å². The molecular weight excluding hydrogens is 464 g/mol. The van der Waals surface area contributed by atoms with E-state index in [0.29, 0.717) is 40.8 Å². The number of nitrogens with one attached hydrogen (secondary N) is 1. The number of benzene rings is 1. The Morgan fingerprint density at radius 1 is 1.14 bits per heavy atom. The molecule has 8 nitrogen and oxygen atoms in total. The second-order valence-corrected chi connectivity index (χ2v) is 9.20. The molecule has 0 saturated carbocycles. The molecule has 1 fully saturated rings. The van der Waals surface area contributed by atoms with E-state index in [9.17, 15) is 4.79 Å². The second-order valence-electron chi connectivity index (χ2n) is 8.79. The minimum absolute atomic E-state index is 0.161. The molecule has 1 aliphatic heterocycles. The van der Waals surface area contributed by atoms with Crippen molar-refractivity contribution >= 4 is 22.6 Å². The minimum Gasteiger partial charge on any atom is -0.375 e. The first kappa shape index (κ1) is 23.5. The fourth-order valence-corrected chi connectivity index (χ4v) is 4.70. The van der Waals surface area contributed by atoms with Crippen LogP contribution in [0.15, 0.2) is 47.7 Å². The molecule has 5 rings (SSSR count). The molecule has 0 amide bonds. The molecule has 1 atom stereocenters. The van der Waals surface area contributed by atoms with Crippen LogP contribution in [-0.2, 0) is 11.3 Å². The number of halogens is 1. The summed E-state index contributed by atoms with van der Waals surface area (Å²) >= 11 is 6.70. The van der Waals surface area contributed by atoms with Crippen molar-refractivity contribution < 1.29 is 4.74 Å². The largest absolute Gasteiger partial charge is 0.375 e. The van der Waals surface area contributed by atoms with Gasteiger partial charge >= 0.3 is 0 Å². The lowest BCUT2D eigenvalue weighted by molar-refractivity contribution is 0.0325. The molecule has 180 valence electrons. The highest BCUT2D eigenvalue weighted by molar-refractivity contribution is 6.33. The maximum atomic E-state index is 13.7. The molecular formula is C26H27ClN6O2. The van der Waals surface area contributed by atoms with Gasteiger partial charge in [0.05, 0.1) is 36.8 Å². The number of pyridine rings is 1. The number of piperidine rings is 1. The van der Waals surface area contributed by atoms with Gasteiger partial charge in [-0.2, -0.15) is 0 Å². The van der Waals surface area contributed by atoms with E-state index in [-0.39, 0.29) is 11.7 Å². The third-order valence-electron chi connectivity index (χ3n) is 6.18. The summed E-state index contributed by atoms with van der Waals surface area (Å²) in [4.78, 5) is 31.3. The van der Waals surface area contributed by atoms with Gasteiger partial charge in [0.1, 0.15) is 11.5 Å². The first-order chi connectivity index (χ1) is 17.0. The molecule has 1 aliphatic rings. The monoisotopic (exact) mass is 490 g/mol. The molecule has 1 unspecified atom stereocenters. The molecule has 0 spiro atoms. The number of nitrogens with zero attached hydrogens (tertiary/aromatic N) is 5. The van der Waals surface area contributed by atoms with E-state index in [1.165, 1.54) is 0 Å². The van der Waals surface area contributed by atoms with Crippen molar-refractivity contribution in [2.24, 2.45) is 0 Å². The van der Waals surface area contributed by atoms with Gasteiger partial charge in [0.2, 0.25) is 0 Å². The SMILES string of the molecule is Cc1cncc(-c2ccc(-c3cc4cnc(C)nc4n(CCOC4CCCNC4)c3=O)c(Cl)c2)n1. The molecule has 4 heterocycles. The lowest BCUT2D eigenvalue weighted by atomic mass is 10.0. The van der Waals surface area contributed by atoms with Crippen LogP contribution in [0.1, 0.15) is 24.4 Å². The van der Waals surface area contributed by atoms with Crippen LogP contribution in [0, 0.1) is 13.8 Å². The first-order valence-corrected chi connectivity index (χ1v) is 12.2. The molecule has 35 heavy (non-hydrogen) atoms. The summed E-state index contributed by atoms with van der Waals surface area (Å²) < 4.78 is 7.73. The van der Waals surface area contributed by atoms with Crippen LogP contribution >= 0.6 is 11.6 Å². The maximum absolute atomic E-state index is 13.7. The van der Waals surface area contributed by atoms with Gasteiger partial charge < -0.3 is 10.1 Å². The zero-order chi connectivity index (χ0) is 24.4. The zero-order valence-electron chi connectivity index (χ0n) is 19.8. The molecule has 1 N–H and O–H groups in total. The Balaban J connectivity index is 1.52. The minimum atomic E-state index is -0.161. The molecule has 1 aromatic carbocycles. The van der Waals surface area contributed by atoms with Crippen LogP contribution in [-0.4, -0.2) is 50.3 Å². The van der Waals surface area contributed by atoms with Gasteiger partial charge in [0.25, 0.3) is 5.56 Å². The Labute approximate surface area is 208 Å². The normalized spacial score (nSPS) is 16.0. The third kappa shape index (κ3) is 5.10. The highest BCUT2D eigenvalue weighted by Gasteiger charge is 2.17. The van der Waals surface area contributed by atoms with Gasteiger partial charge in [-0.3, -0.25) is 14.3 Å². The number of fused-ring (bicyclic) bond motifs is 1. The van der Waals surface area contributed by atoms with Crippen molar-refractivity contribution in [3.8, 4) is 22.4 Å². The first-order valence-electron chi connectivity index (χ1n) is 11.8. The molecule has 0 bridgehead atoms.